The fourth-order valence-electron chi connectivity index (χ4n) is 3.82. The molecule has 26 heavy (non-hydrogen) atoms. The van der Waals surface area contributed by atoms with Crippen molar-refractivity contribution in [1.82, 2.24) is 9.80 Å². The van der Waals surface area contributed by atoms with Gasteiger partial charge in [-0.25, -0.2) is 4.79 Å². The van der Waals surface area contributed by atoms with Crippen molar-refractivity contribution in [2.24, 2.45) is 0 Å². The summed E-state index contributed by atoms with van der Waals surface area (Å²) in [7, 11) is 3.87. The lowest BCUT2D eigenvalue weighted by atomic mass is 9.96. The Labute approximate surface area is 154 Å². The molecule has 2 saturated heterocycles. The SMILES string of the molecule is CCN1CCC2(CC1)OC[C@@H](C(=O)O)N2C(=O)c1ccc(N(C)C)cc1. The third-order valence-corrected chi connectivity index (χ3v) is 5.48. The van der Waals surface area contributed by atoms with Gasteiger partial charge in [0.25, 0.3) is 5.91 Å². The number of hydrogen-bond donors (Lipinski definition) is 1. The van der Waals surface area contributed by atoms with Crippen LogP contribution < -0.4 is 4.90 Å². The molecule has 0 bridgehead atoms. The lowest BCUT2D eigenvalue weighted by Gasteiger charge is -2.44. The molecule has 7 nitrogen and oxygen atoms in total. The second-order valence-electron chi connectivity index (χ2n) is 7.16. The maximum atomic E-state index is 13.2. The molecule has 2 fully saturated rings. The Morgan fingerprint density at radius 3 is 2.35 bits per heavy atom. The summed E-state index contributed by atoms with van der Waals surface area (Å²) in [6.07, 6.45) is 1.26. The van der Waals surface area contributed by atoms with E-state index in [0.717, 1.165) is 25.3 Å². The highest BCUT2D eigenvalue weighted by Gasteiger charge is 2.53. The number of carboxylic acid groups (broad SMARTS) is 1. The summed E-state index contributed by atoms with van der Waals surface area (Å²) >= 11 is 0. The normalized spacial score (nSPS) is 22.6. The lowest BCUT2D eigenvalue weighted by Crippen LogP contribution is -2.58. The Morgan fingerprint density at radius 1 is 1.23 bits per heavy atom. The van der Waals surface area contributed by atoms with Gasteiger partial charge in [0, 0.05) is 51.3 Å². The van der Waals surface area contributed by atoms with Crippen LogP contribution in [0.1, 0.15) is 30.1 Å². The second kappa shape index (κ2) is 7.25. The lowest BCUT2D eigenvalue weighted by molar-refractivity contribution is -0.143. The zero-order valence-electron chi connectivity index (χ0n) is 15.6. The van der Waals surface area contributed by atoms with E-state index in [1.165, 1.54) is 4.90 Å². The van der Waals surface area contributed by atoms with Crippen molar-refractivity contribution >= 4 is 17.6 Å². The first-order valence-corrected chi connectivity index (χ1v) is 9.08. The molecule has 1 atom stereocenters. The van der Waals surface area contributed by atoms with Crippen molar-refractivity contribution in [2.75, 3.05) is 45.2 Å². The van der Waals surface area contributed by atoms with Gasteiger partial charge in [-0.05, 0) is 30.8 Å². The van der Waals surface area contributed by atoms with Crippen molar-refractivity contribution in [3.8, 4) is 0 Å². The summed E-state index contributed by atoms with van der Waals surface area (Å²) in [4.78, 5) is 30.7. The molecular weight excluding hydrogens is 334 g/mol. The molecule has 0 saturated carbocycles. The quantitative estimate of drug-likeness (QED) is 0.876. The molecule has 1 aromatic rings. The Morgan fingerprint density at radius 2 is 1.85 bits per heavy atom. The van der Waals surface area contributed by atoms with E-state index in [2.05, 4.69) is 11.8 Å². The predicted octanol–water partition coefficient (Wildman–Crippen LogP) is 1.49. The molecule has 7 heteroatoms. The molecule has 1 amide bonds. The number of benzene rings is 1. The van der Waals surface area contributed by atoms with Crippen LogP contribution in [0.25, 0.3) is 0 Å². The highest BCUT2D eigenvalue weighted by Crippen LogP contribution is 2.38. The highest BCUT2D eigenvalue weighted by molar-refractivity contribution is 5.97. The Hall–Kier alpha value is -2.12. The number of carbonyl (C=O) groups excluding carboxylic acids is 1. The predicted molar refractivity (Wildman–Crippen MR) is 98.4 cm³/mol. The van der Waals surface area contributed by atoms with Gasteiger partial charge < -0.3 is 19.6 Å². The van der Waals surface area contributed by atoms with Crippen LogP contribution in [0, 0.1) is 0 Å². The Kier molecular flexibility index (Phi) is 5.20. The third kappa shape index (κ3) is 3.29. The van der Waals surface area contributed by atoms with Crippen molar-refractivity contribution < 1.29 is 19.4 Å². The van der Waals surface area contributed by atoms with Gasteiger partial charge in [-0.2, -0.15) is 0 Å². The number of likely N-dealkylation sites (tertiary alicyclic amines) is 1. The van der Waals surface area contributed by atoms with Crippen molar-refractivity contribution in [2.45, 2.75) is 31.5 Å². The average molecular weight is 361 g/mol. The number of carbonyl (C=O) groups is 2. The number of amides is 1. The van der Waals surface area contributed by atoms with Crippen molar-refractivity contribution in [1.29, 1.82) is 0 Å². The maximum absolute atomic E-state index is 13.2. The van der Waals surface area contributed by atoms with Crippen LogP contribution in [0.5, 0.6) is 0 Å². The molecule has 0 radical (unpaired) electrons. The average Bonchev–Trinajstić information content (AvgIpc) is 3.01. The Balaban J connectivity index is 1.89. The number of ether oxygens (including phenoxy) is 1. The van der Waals surface area contributed by atoms with E-state index < -0.39 is 17.7 Å². The third-order valence-electron chi connectivity index (χ3n) is 5.48. The van der Waals surface area contributed by atoms with Crippen LogP contribution in [0.15, 0.2) is 24.3 Å². The number of aliphatic carboxylic acids is 1. The van der Waals surface area contributed by atoms with Gasteiger partial charge in [-0.1, -0.05) is 6.92 Å². The maximum Gasteiger partial charge on any atom is 0.328 e. The molecule has 2 aliphatic rings. The fourth-order valence-corrected chi connectivity index (χ4v) is 3.82. The molecule has 2 aliphatic heterocycles. The monoisotopic (exact) mass is 361 g/mol. The van der Waals surface area contributed by atoms with E-state index in [9.17, 15) is 14.7 Å². The van der Waals surface area contributed by atoms with E-state index in [1.54, 1.807) is 12.1 Å². The molecular formula is C19H27N3O4. The zero-order valence-corrected chi connectivity index (χ0v) is 15.6. The highest BCUT2D eigenvalue weighted by atomic mass is 16.5. The standard InChI is InChI=1S/C19H27N3O4/c1-4-21-11-9-19(10-12-21)22(16(13-26-19)18(24)25)17(23)14-5-7-15(8-6-14)20(2)3/h5-8,16H,4,9-13H2,1-3H3,(H,24,25)/t16-/m0/s1. The van der Waals surface area contributed by atoms with Crippen molar-refractivity contribution in [3.63, 3.8) is 0 Å². The largest absolute Gasteiger partial charge is 0.480 e. The molecule has 0 aromatic heterocycles. The molecule has 1 N–H and O–H groups in total. The smallest absolute Gasteiger partial charge is 0.328 e. The van der Waals surface area contributed by atoms with E-state index >= 15 is 0 Å². The zero-order chi connectivity index (χ0) is 18.9. The van der Waals surface area contributed by atoms with Crippen LogP contribution in [-0.2, 0) is 9.53 Å². The van der Waals surface area contributed by atoms with Gasteiger partial charge in [-0.3, -0.25) is 9.69 Å². The number of carboxylic acids is 1. The summed E-state index contributed by atoms with van der Waals surface area (Å²) in [6.45, 7) is 4.68. The molecule has 2 heterocycles. The van der Waals surface area contributed by atoms with Gasteiger partial charge >= 0.3 is 5.97 Å². The van der Waals surface area contributed by atoms with Crippen LogP contribution in [0.4, 0.5) is 5.69 Å². The first-order valence-electron chi connectivity index (χ1n) is 9.08. The minimum atomic E-state index is -1.02. The van der Waals surface area contributed by atoms with Gasteiger partial charge in [0.05, 0.1) is 6.61 Å². The second-order valence-corrected chi connectivity index (χ2v) is 7.16. The van der Waals surface area contributed by atoms with Gasteiger partial charge in [0.1, 0.15) is 5.72 Å². The number of anilines is 1. The molecule has 3 rings (SSSR count). The number of nitrogens with zero attached hydrogens (tertiary/aromatic N) is 3. The fraction of sp³-hybridized carbons (Fsp3) is 0.579. The van der Waals surface area contributed by atoms with Crippen LogP contribution in [0.3, 0.4) is 0 Å². The van der Waals surface area contributed by atoms with Gasteiger partial charge in [0.15, 0.2) is 6.04 Å². The van der Waals surface area contributed by atoms with Gasteiger partial charge in [0.2, 0.25) is 0 Å². The number of piperidine rings is 1. The topological polar surface area (TPSA) is 73.3 Å². The molecule has 0 unspecified atom stereocenters. The summed E-state index contributed by atoms with van der Waals surface area (Å²) in [5.74, 6) is -1.29. The molecule has 142 valence electrons. The minimum absolute atomic E-state index is 0.0446. The van der Waals surface area contributed by atoms with E-state index in [1.807, 2.05) is 31.1 Å². The first-order chi connectivity index (χ1) is 12.4. The van der Waals surface area contributed by atoms with Crippen LogP contribution >= 0.6 is 0 Å². The Bertz CT molecular complexity index is 666. The van der Waals surface area contributed by atoms with Crippen LogP contribution in [-0.4, -0.2) is 78.9 Å². The van der Waals surface area contributed by atoms with Crippen molar-refractivity contribution in [3.05, 3.63) is 29.8 Å². The van der Waals surface area contributed by atoms with E-state index in [0.29, 0.717) is 18.4 Å². The number of rotatable bonds is 4. The molecule has 0 aliphatic carbocycles. The van der Waals surface area contributed by atoms with Crippen LogP contribution in [0.2, 0.25) is 0 Å². The van der Waals surface area contributed by atoms with E-state index in [-0.39, 0.29) is 12.5 Å². The molecule has 1 aromatic carbocycles. The first kappa shape index (κ1) is 18.7. The number of hydrogen-bond acceptors (Lipinski definition) is 5. The summed E-state index contributed by atoms with van der Waals surface area (Å²) in [5.41, 5.74) is 0.663. The summed E-state index contributed by atoms with van der Waals surface area (Å²) in [5, 5.41) is 9.62. The summed E-state index contributed by atoms with van der Waals surface area (Å²) < 4.78 is 5.95. The minimum Gasteiger partial charge on any atom is -0.480 e. The van der Waals surface area contributed by atoms with E-state index in [4.69, 9.17) is 4.74 Å². The molecule has 1 spiro atoms. The summed E-state index contributed by atoms with van der Waals surface area (Å²) in [6, 6.07) is 6.30. The van der Waals surface area contributed by atoms with Gasteiger partial charge in [-0.15, -0.1) is 0 Å².